The van der Waals surface area contributed by atoms with Crippen LogP contribution >= 0.6 is 0 Å². The van der Waals surface area contributed by atoms with E-state index in [2.05, 4.69) is 15.4 Å². The van der Waals surface area contributed by atoms with Crippen LogP contribution in [-0.4, -0.2) is 31.5 Å². The van der Waals surface area contributed by atoms with Crippen LogP contribution in [0.25, 0.3) is 0 Å². The maximum atomic E-state index is 12.1. The van der Waals surface area contributed by atoms with E-state index in [1.165, 1.54) is 36.6 Å². The van der Waals surface area contributed by atoms with Crippen LogP contribution in [0.4, 0.5) is 8.78 Å². The summed E-state index contributed by atoms with van der Waals surface area (Å²) in [5.41, 5.74) is 0.181. The quantitative estimate of drug-likeness (QED) is 0.764. The number of rotatable bonds is 7. The Hall–Kier alpha value is -2.90. The van der Waals surface area contributed by atoms with E-state index >= 15 is 0 Å². The standard InChI is InChI=1S/C15H14F2N2O4/c16-15(17)23-11-4-1-3-10(9-11)13(20)18-6-7-19-14(21)12-5-2-8-22-12/h1-5,8-9,15H,6-7H2,(H,18,20)(H,19,21). The number of amides is 2. The highest BCUT2D eigenvalue weighted by atomic mass is 19.3. The van der Waals surface area contributed by atoms with Gasteiger partial charge in [0.2, 0.25) is 0 Å². The Bertz CT molecular complexity index is 659. The van der Waals surface area contributed by atoms with Crippen molar-refractivity contribution in [3.63, 3.8) is 0 Å². The molecule has 2 N–H and O–H groups in total. The molecule has 8 heteroatoms. The van der Waals surface area contributed by atoms with Gasteiger partial charge in [-0.2, -0.15) is 8.78 Å². The monoisotopic (exact) mass is 324 g/mol. The van der Waals surface area contributed by atoms with Gasteiger partial charge >= 0.3 is 6.61 Å². The molecule has 2 amide bonds. The van der Waals surface area contributed by atoms with Crippen molar-refractivity contribution in [2.24, 2.45) is 0 Å². The Morgan fingerprint density at radius 2 is 1.83 bits per heavy atom. The topological polar surface area (TPSA) is 80.6 Å². The summed E-state index contributed by atoms with van der Waals surface area (Å²) in [7, 11) is 0. The molecular formula is C15H14F2N2O4. The minimum atomic E-state index is -2.95. The number of carbonyl (C=O) groups excluding carboxylic acids is 2. The summed E-state index contributed by atoms with van der Waals surface area (Å²) < 4.78 is 33.4. The number of alkyl halides is 2. The van der Waals surface area contributed by atoms with E-state index in [9.17, 15) is 18.4 Å². The Kier molecular flexibility index (Phi) is 5.67. The fraction of sp³-hybridized carbons (Fsp3) is 0.200. The number of carbonyl (C=O) groups is 2. The van der Waals surface area contributed by atoms with Crippen molar-refractivity contribution in [2.45, 2.75) is 6.61 Å². The highest BCUT2D eigenvalue weighted by Crippen LogP contribution is 2.15. The van der Waals surface area contributed by atoms with Crippen LogP contribution in [0.2, 0.25) is 0 Å². The lowest BCUT2D eigenvalue weighted by molar-refractivity contribution is -0.0498. The number of ether oxygens (including phenoxy) is 1. The third-order valence-electron chi connectivity index (χ3n) is 2.76. The van der Waals surface area contributed by atoms with Gasteiger partial charge in [-0.05, 0) is 30.3 Å². The molecule has 0 aliphatic rings. The predicted octanol–water partition coefficient (Wildman–Crippen LogP) is 2.04. The molecule has 0 unspecified atom stereocenters. The predicted molar refractivity (Wildman–Crippen MR) is 76.4 cm³/mol. The van der Waals surface area contributed by atoms with Crippen LogP contribution in [-0.2, 0) is 0 Å². The number of halogens is 2. The number of furan rings is 1. The first-order chi connectivity index (χ1) is 11.1. The molecule has 0 saturated heterocycles. The maximum absolute atomic E-state index is 12.1. The lowest BCUT2D eigenvalue weighted by Crippen LogP contribution is -2.34. The van der Waals surface area contributed by atoms with E-state index < -0.39 is 18.4 Å². The highest BCUT2D eigenvalue weighted by molar-refractivity contribution is 5.94. The van der Waals surface area contributed by atoms with Crippen LogP contribution in [0.1, 0.15) is 20.9 Å². The summed E-state index contributed by atoms with van der Waals surface area (Å²) in [5, 5.41) is 5.11. The van der Waals surface area contributed by atoms with Crippen LogP contribution < -0.4 is 15.4 Å². The molecule has 2 rings (SSSR count). The molecular weight excluding hydrogens is 310 g/mol. The van der Waals surface area contributed by atoms with Crippen LogP contribution in [0.3, 0.4) is 0 Å². The van der Waals surface area contributed by atoms with Gasteiger partial charge in [0.25, 0.3) is 11.8 Å². The molecule has 0 saturated carbocycles. The molecule has 0 bridgehead atoms. The average Bonchev–Trinajstić information content (AvgIpc) is 3.05. The Morgan fingerprint density at radius 1 is 1.09 bits per heavy atom. The van der Waals surface area contributed by atoms with E-state index in [1.54, 1.807) is 6.07 Å². The van der Waals surface area contributed by atoms with Gasteiger partial charge < -0.3 is 19.8 Å². The Labute approximate surface area is 130 Å². The highest BCUT2D eigenvalue weighted by Gasteiger charge is 2.10. The van der Waals surface area contributed by atoms with Gasteiger partial charge in [-0.25, -0.2) is 0 Å². The molecule has 0 aliphatic carbocycles. The molecule has 1 heterocycles. The molecule has 1 aromatic heterocycles. The first-order valence-corrected chi connectivity index (χ1v) is 6.71. The molecule has 0 aliphatic heterocycles. The normalized spacial score (nSPS) is 10.4. The summed E-state index contributed by atoms with van der Waals surface area (Å²) in [6.45, 7) is -2.59. The van der Waals surface area contributed by atoms with Gasteiger partial charge in [0.15, 0.2) is 5.76 Å². The van der Waals surface area contributed by atoms with Gasteiger partial charge in [-0.1, -0.05) is 6.07 Å². The molecule has 0 fully saturated rings. The Morgan fingerprint density at radius 3 is 2.48 bits per heavy atom. The third-order valence-corrected chi connectivity index (χ3v) is 2.76. The number of hydrogen-bond acceptors (Lipinski definition) is 4. The molecule has 0 atom stereocenters. The van der Waals surface area contributed by atoms with Gasteiger partial charge in [0.05, 0.1) is 6.26 Å². The van der Waals surface area contributed by atoms with Gasteiger partial charge in [-0.15, -0.1) is 0 Å². The summed E-state index contributed by atoms with van der Waals surface area (Å²) in [6.07, 6.45) is 1.38. The van der Waals surface area contributed by atoms with E-state index in [0.29, 0.717) is 0 Å². The maximum Gasteiger partial charge on any atom is 0.387 e. The SMILES string of the molecule is O=C(NCCNC(=O)c1ccco1)c1cccc(OC(F)F)c1. The van der Waals surface area contributed by atoms with Crippen molar-refractivity contribution in [1.29, 1.82) is 0 Å². The van der Waals surface area contributed by atoms with Crippen molar-refractivity contribution in [1.82, 2.24) is 10.6 Å². The number of benzene rings is 1. The largest absolute Gasteiger partial charge is 0.459 e. The molecule has 0 radical (unpaired) electrons. The van der Waals surface area contributed by atoms with Crippen molar-refractivity contribution in [2.75, 3.05) is 13.1 Å². The summed E-state index contributed by atoms with van der Waals surface area (Å²) >= 11 is 0. The van der Waals surface area contributed by atoms with Gasteiger partial charge in [0.1, 0.15) is 5.75 Å². The van der Waals surface area contributed by atoms with Crippen LogP contribution in [0, 0.1) is 0 Å². The second-order valence-corrected chi connectivity index (χ2v) is 4.40. The smallest absolute Gasteiger partial charge is 0.387 e. The number of hydrogen-bond donors (Lipinski definition) is 2. The third kappa shape index (κ3) is 5.10. The molecule has 0 spiro atoms. The second kappa shape index (κ2) is 7.92. The zero-order chi connectivity index (χ0) is 16.7. The summed E-state index contributed by atoms with van der Waals surface area (Å²) in [6, 6.07) is 8.55. The summed E-state index contributed by atoms with van der Waals surface area (Å²) in [5.74, 6) is -0.777. The second-order valence-electron chi connectivity index (χ2n) is 4.40. The van der Waals surface area contributed by atoms with Crippen molar-refractivity contribution in [3.05, 3.63) is 54.0 Å². The van der Waals surface area contributed by atoms with E-state index in [0.717, 1.165) is 0 Å². The lowest BCUT2D eigenvalue weighted by Gasteiger charge is -2.08. The average molecular weight is 324 g/mol. The minimum Gasteiger partial charge on any atom is -0.459 e. The Balaban J connectivity index is 1.77. The van der Waals surface area contributed by atoms with Crippen LogP contribution in [0.5, 0.6) is 5.75 Å². The van der Waals surface area contributed by atoms with Crippen molar-refractivity contribution >= 4 is 11.8 Å². The zero-order valence-electron chi connectivity index (χ0n) is 11.9. The molecule has 2 aromatic rings. The lowest BCUT2D eigenvalue weighted by atomic mass is 10.2. The van der Waals surface area contributed by atoms with Crippen LogP contribution in [0.15, 0.2) is 47.1 Å². The summed E-state index contributed by atoms with van der Waals surface area (Å²) in [4.78, 5) is 23.4. The first kappa shape index (κ1) is 16.5. The van der Waals surface area contributed by atoms with Crippen molar-refractivity contribution < 1.29 is 27.5 Å². The fourth-order valence-corrected chi connectivity index (χ4v) is 1.76. The first-order valence-electron chi connectivity index (χ1n) is 6.71. The van der Waals surface area contributed by atoms with E-state index in [1.807, 2.05) is 0 Å². The zero-order valence-corrected chi connectivity index (χ0v) is 11.9. The molecule has 1 aromatic carbocycles. The molecule has 23 heavy (non-hydrogen) atoms. The minimum absolute atomic E-state index is 0.0984. The molecule has 122 valence electrons. The fourth-order valence-electron chi connectivity index (χ4n) is 1.76. The number of nitrogens with one attached hydrogen (secondary N) is 2. The molecule has 6 nitrogen and oxygen atoms in total. The van der Waals surface area contributed by atoms with Gasteiger partial charge in [0, 0.05) is 18.7 Å². The van der Waals surface area contributed by atoms with E-state index in [-0.39, 0.29) is 30.2 Å². The van der Waals surface area contributed by atoms with E-state index in [4.69, 9.17) is 4.42 Å². The van der Waals surface area contributed by atoms with Crippen molar-refractivity contribution in [3.8, 4) is 5.75 Å². The van der Waals surface area contributed by atoms with Gasteiger partial charge in [-0.3, -0.25) is 9.59 Å².